The van der Waals surface area contributed by atoms with Crippen molar-refractivity contribution in [2.45, 2.75) is 65.5 Å². The van der Waals surface area contributed by atoms with E-state index in [9.17, 15) is 0 Å². The van der Waals surface area contributed by atoms with Gasteiger partial charge >= 0.3 is 21.7 Å². The van der Waals surface area contributed by atoms with Crippen molar-refractivity contribution in [1.29, 1.82) is 0 Å². The Bertz CT molecular complexity index is 915. The van der Waals surface area contributed by atoms with Gasteiger partial charge in [-0.1, -0.05) is 88.4 Å². The molecule has 172 valence electrons. The Morgan fingerprint density at radius 2 is 0.879 bits per heavy atom. The first-order valence-corrected chi connectivity index (χ1v) is 14.1. The quantitative estimate of drug-likeness (QED) is 0.358. The van der Waals surface area contributed by atoms with Gasteiger partial charge in [-0.2, -0.15) is 22.3 Å². The van der Waals surface area contributed by atoms with Crippen LogP contribution in [-0.4, -0.2) is 20.5 Å². The van der Waals surface area contributed by atoms with Crippen molar-refractivity contribution in [3.63, 3.8) is 0 Å². The van der Waals surface area contributed by atoms with E-state index in [1.165, 1.54) is 53.9 Å². The third-order valence-electron chi connectivity index (χ3n) is 6.86. The van der Waals surface area contributed by atoms with Crippen LogP contribution in [0.15, 0.2) is 94.1 Å². The summed E-state index contributed by atoms with van der Waals surface area (Å²) in [6.45, 7) is 13.1. The summed E-state index contributed by atoms with van der Waals surface area (Å²) < 4.78 is 0. The van der Waals surface area contributed by atoms with Gasteiger partial charge in [0.1, 0.15) is 0 Å². The van der Waals surface area contributed by atoms with E-state index in [-0.39, 0.29) is 21.7 Å². The normalized spacial score (nSPS) is 19.2. The van der Waals surface area contributed by atoms with Gasteiger partial charge in [-0.05, 0) is 44.5 Å². The van der Waals surface area contributed by atoms with E-state index in [2.05, 4.69) is 114 Å². The summed E-state index contributed by atoms with van der Waals surface area (Å²) in [5.74, 6) is 0. The average molecular weight is 505 g/mol. The van der Waals surface area contributed by atoms with Crippen LogP contribution in [0.1, 0.15) is 52.7 Å². The zero-order chi connectivity index (χ0) is 23.7. The maximum atomic E-state index is 3.42. The van der Waals surface area contributed by atoms with Crippen LogP contribution in [0.4, 0.5) is 0 Å². The molecule has 2 unspecified atom stereocenters. The van der Waals surface area contributed by atoms with Crippen molar-refractivity contribution >= 4 is 20.5 Å². The summed E-state index contributed by atoms with van der Waals surface area (Å²) in [6.07, 6.45) is 9.10. The van der Waals surface area contributed by atoms with Crippen LogP contribution in [0.3, 0.4) is 0 Å². The van der Waals surface area contributed by atoms with E-state index < -0.39 is 0 Å². The molecular formula is C30H40Si2Ti. The fourth-order valence-corrected chi connectivity index (χ4v) is 5.63. The van der Waals surface area contributed by atoms with E-state index in [4.69, 9.17) is 0 Å². The molecule has 0 heterocycles. The molecule has 0 fully saturated rings. The predicted octanol–water partition coefficient (Wildman–Crippen LogP) is 5.95. The third kappa shape index (κ3) is 9.37. The molecule has 2 aromatic rings. The molecule has 0 bridgehead atoms. The van der Waals surface area contributed by atoms with Crippen LogP contribution < -0.4 is 0 Å². The molecule has 0 radical (unpaired) electrons. The summed E-state index contributed by atoms with van der Waals surface area (Å²) in [5, 5.41) is 0. The van der Waals surface area contributed by atoms with Crippen LogP contribution in [0, 0.1) is 12.2 Å². The fraction of sp³-hybridized carbons (Fsp3) is 0.333. The SMILES string of the molecule is CC1=[C-]C([SiH3])C(C)=C1C.CC1=[C-]C([SiH3])C(C)=C1C.[Ti+2].c1ccc(CCc2ccccc2)cc1. The molecule has 4 rings (SSSR count). The van der Waals surface area contributed by atoms with Gasteiger partial charge in [0.05, 0.1) is 0 Å². The second-order valence-electron chi connectivity index (χ2n) is 9.07. The van der Waals surface area contributed by atoms with Gasteiger partial charge in [-0.3, -0.25) is 12.2 Å². The molecule has 0 N–H and O–H groups in total. The molecule has 0 aliphatic heterocycles. The maximum absolute atomic E-state index is 3.42. The molecule has 0 nitrogen and oxygen atoms in total. The molecule has 33 heavy (non-hydrogen) atoms. The Kier molecular flexibility index (Phi) is 13.2. The molecule has 2 aliphatic carbocycles. The second-order valence-corrected chi connectivity index (χ2v) is 11.4. The Morgan fingerprint density at radius 1 is 0.576 bits per heavy atom. The van der Waals surface area contributed by atoms with Crippen molar-refractivity contribution in [3.8, 4) is 0 Å². The second kappa shape index (κ2) is 14.7. The van der Waals surface area contributed by atoms with E-state index in [0.29, 0.717) is 11.1 Å². The van der Waals surface area contributed by atoms with E-state index in [0.717, 1.165) is 12.8 Å². The van der Waals surface area contributed by atoms with Gasteiger partial charge in [0.2, 0.25) is 0 Å². The third-order valence-corrected chi connectivity index (χ3v) is 9.17. The topological polar surface area (TPSA) is 0 Å². The van der Waals surface area contributed by atoms with Crippen LogP contribution in [0.25, 0.3) is 0 Å². The number of rotatable bonds is 3. The van der Waals surface area contributed by atoms with Crippen LogP contribution in [0.5, 0.6) is 0 Å². The first kappa shape index (κ1) is 29.6. The number of hydrogen-bond acceptors (Lipinski definition) is 0. The maximum Gasteiger partial charge on any atom is 2.00 e. The molecule has 2 atom stereocenters. The summed E-state index contributed by atoms with van der Waals surface area (Å²) in [6, 6.07) is 21.2. The molecule has 0 saturated heterocycles. The first-order chi connectivity index (χ1) is 15.2. The standard InChI is InChI=1S/C14H14.2C8H13Si.Ti/c1-3-7-13(8-4-1)11-12-14-9-5-2-6-10-14;2*1-5-4-8(9)7(3)6(5)2;/h1-10H,11-12H2;2*8H,1-3,9H3;/q;2*-1;+2. The van der Waals surface area contributed by atoms with Crippen molar-refractivity contribution in [2.75, 3.05) is 0 Å². The van der Waals surface area contributed by atoms with Gasteiger partial charge in [-0.15, -0.1) is 24.9 Å². The van der Waals surface area contributed by atoms with Crippen molar-refractivity contribution in [1.82, 2.24) is 0 Å². The minimum absolute atomic E-state index is 0. The predicted molar refractivity (Wildman–Crippen MR) is 149 cm³/mol. The minimum atomic E-state index is 0. The van der Waals surface area contributed by atoms with Crippen LogP contribution >= 0.6 is 0 Å². The minimum Gasteiger partial charge on any atom is -0.270 e. The smallest absolute Gasteiger partial charge is 0.270 e. The molecule has 0 aromatic heterocycles. The van der Waals surface area contributed by atoms with Gasteiger partial charge in [0.25, 0.3) is 0 Å². The Morgan fingerprint density at radius 3 is 1.06 bits per heavy atom. The Hall–Kier alpha value is -1.45. The average Bonchev–Trinajstić information content (AvgIpc) is 3.17. The van der Waals surface area contributed by atoms with Crippen molar-refractivity contribution < 1.29 is 21.7 Å². The van der Waals surface area contributed by atoms with Crippen molar-refractivity contribution in [2.24, 2.45) is 0 Å². The van der Waals surface area contributed by atoms with Gasteiger partial charge in [-0.25, -0.2) is 11.1 Å². The largest absolute Gasteiger partial charge is 2.00 e. The Labute approximate surface area is 224 Å². The molecule has 0 amide bonds. The number of hydrogen-bond donors (Lipinski definition) is 0. The number of allylic oxidation sites excluding steroid dienone is 8. The van der Waals surface area contributed by atoms with Crippen LogP contribution in [-0.2, 0) is 34.6 Å². The van der Waals surface area contributed by atoms with Gasteiger partial charge in [0, 0.05) is 0 Å². The molecule has 0 saturated carbocycles. The van der Waals surface area contributed by atoms with Crippen LogP contribution in [0.2, 0.25) is 11.1 Å². The number of aryl methyl sites for hydroxylation is 2. The molecule has 3 heteroatoms. The van der Waals surface area contributed by atoms with Gasteiger partial charge in [0.15, 0.2) is 0 Å². The summed E-state index contributed by atoms with van der Waals surface area (Å²) in [7, 11) is 2.45. The van der Waals surface area contributed by atoms with Crippen molar-refractivity contribution in [3.05, 3.63) is 117 Å². The fourth-order valence-electron chi connectivity index (χ4n) is 3.90. The summed E-state index contributed by atoms with van der Waals surface area (Å²) in [4.78, 5) is 0. The number of benzene rings is 2. The molecule has 0 spiro atoms. The zero-order valence-electron chi connectivity index (χ0n) is 21.8. The summed E-state index contributed by atoms with van der Waals surface area (Å²) in [5.41, 5.74) is 13.0. The first-order valence-electron chi connectivity index (χ1n) is 11.8. The molecule has 2 aliphatic rings. The zero-order valence-corrected chi connectivity index (χ0v) is 27.4. The van der Waals surface area contributed by atoms with E-state index in [1.807, 2.05) is 0 Å². The van der Waals surface area contributed by atoms with E-state index in [1.54, 1.807) is 11.1 Å². The Balaban J connectivity index is 0.000000254. The monoisotopic (exact) mass is 504 g/mol. The molecular weight excluding hydrogens is 464 g/mol. The van der Waals surface area contributed by atoms with Gasteiger partial charge < -0.3 is 0 Å². The van der Waals surface area contributed by atoms with E-state index >= 15 is 0 Å². The molecule has 2 aromatic carbocycles. The summed E-state index contributed by atoms with van der Waals surface area (Å²) >= 11 is 0.